The summed E-state index contributed by atoms with van der Waals surface area (Å²) >= 11 is 0. The maximum atomic E-state index is 11.9. The zero-order valence-corrected chi connectivity index (χ0v) is 13.2. The topological polar surface area (TPSA) is 78.9 Å². The molecule has 0 aliphatic carbocycles. The maximum absolute atomic E-state index is 11.9. The van der Waals surface area contributed by atoms with Crippen molar-refractivity contribution in [3.8, 4) is 0 Å². The Morgan fingerprint density at radius 1 is 0.857 bits per heavy atom. The van der Waals surface area contributed by atoms with Gasteiger partial charge in [0.2, 0.25) is 0 Å². The fourth-order valence-corrected chi connectivity index (χ4v) is 1.55. The largest absolute Gasteiger partial charge is 0.469 e. The summed E-state index contributed by atoms with van der Waals surface area (Å²) < 4.78 is 14.6. The summed E-state index contributed by atoms with van der Waals surface area (Å²) in [6, 6.07) is 0. The average molecular weight is 302 g/mol. The summed E-state index contributed by atoms with van der Waals surface area (Å²) in [5.74, 6) is -2.44. The molecule has 0 aromatic carbocycles. The van der Waals surface area contributed by atoms with Crippen LogP contribution < -0.4 is 0 Å². The Morgan fingerprint density at radius 3 is 1.90 bits per heavy atom. The van der Waals surface area contributed by atoms with Crippen molar-refractivity contribution >= 4 is 17.9 Å². The lowest BCUT2D eigenvalue weighted by molar-refractivity contribution is -0.158. The highest BCUT2D eigenvalue weighted by molar-refractivity contribution is 5.84. The van der Waals surface area contributed by atoms with E-state index in [1.54, 1.807) is 0 Å². The first-order chi connectivity index (χ1) is 10.0. The number of ether oxygens (including phenoxy) is 3. The van der Waals surface area contributed by atoms with E-state index >= 15 is 0 Å². The lowest BCUT2D eigenvalue weighted by Gasteiger charge is -2.14. The van der Waals surface area contributed by atoms with Crippen LogP contribution in [0.4, 0.5) is 0 Å². The molecule has 0 N–H and O–H groups in total. The third kappa shape index (κ3) is 9.87. The van der Waals surface area contributed by atoms with Gasteiger partial charge in [0.25, 0.3) is 0 Å². The summed E-state index contributed by atoms with van der Waals surface area (Å²) in [5.41, 5.74) is 0. The number of rotatable bonds is 11. The van der Waals surface area contributed by atoms with Crippen molar-refractivity contribution in [1.82, 2.24) is 0 Å². The number of hydrogen-bond acceptors (Lipinski definition) is 6. The lowest BCUT2D eigenvalue weighted by Crippen LogP contribution is -2.25. The van der Waals surface area contributed by atoms with Crippen molar-refractivity contribution < 1.29 is 28.6 Å². The fourth-order valence-electron chi connectivity index (χ4n) is 1.55. The second-order valence-electron chi connectivity index (χ2n) is 4.78. The van der Waals surface area contributed by atoms with Crippen molar-refractivity contribution in [2.45, 2.75) is 52.4 Å². The molecule has 0 saturated heterocycles. The molecule has 1 atom stereocenters. The van der Waals surface area contributed by atoms with Crippen LogP contribution in [-0.2, 0) is 28.6 Å². The Hall–Kier alpha value is -1.59. The summed E-state index contributed by atoms with van der Waals surface area (Å²) in [5, 5.41) is 0. The predicted octanol–water partition coefficient (Wildman–Crippen LogP) is 2.24. The van der Waals surface area contributed by atoms with Crippen LogP contribution in [0, 0.1) is 5.92 Å². The Kier molecular flexibility index (Phi) is 11.3. The molecule has 122 valence electrons. The van der Waals surface area contributed by atoms with Crippen LogP contribution in [0.1, 0.15) is 52.4 Å². The molecule has 0 aliphatic rings. The van der Waals surface area contributed by atoms with Crippen molar-refractivity contribution in [3.05, 3.63) is 0 Å². The number of hydrogen-bond donors (Lipinski definition) is 0. The Morgan fingerprint density at radius 2 is 1.38 bits per heavy atom. The van der Waals surface area contributed by atoms with E-state index in [0.717, 1.165) is 25.7 Å². The van der Waals surface area contributed by atoms with Crippen LogP contribution in [0.3, 0.4) is 0 Å². The minimum Gasteiger partial charge on any atom is -0.469 e. The molecule has 0 fully saturated rings. The number of esters is 3. The average Bonchev–Trinajstić information content (AvgIpc) is 2.46. The van der Waals surface area contributed by atoms with Gasteiger partial charge in [0, 0.05) is 0 Å². The number of methoxy groups -OCH3 is 1. The predicted molar refractivity (Wildman–Crippen MR) is 76.5 cm³/mol. The summed E-state index contributed by atoms with van der Waals surface area (Å²) in [6.07, 6.45) is 2.99. The number of unbranched alkanes of at least 4 members (excludes halogenated alkanes) is 2. The lowest BCUT2D eigenvalue weighted by atomic mass is 10.0. The van der Waals surface area contributed by atoms with E-state index in [4.69, 9.17) is 9.47 Å². The van der Waals surface area contributed by atoms with Gasteiger partial charge in [0.05, 0.1) is 39.1 Å². The number of carbonyl (C=O) groups excluding carboxylic acids is 3. The molecule has 0 amide bonds. The highest BCUT2D eigenvalue weighted by atomic mass is 16.5. The standard InChI is InChI=1S/C15H26O6/c1-4-6-8-20-14(17)11-12(10-13(16)19-3)15(18)21-9-7-5-2/h12H,4-11H2,1-3H3. The third-order valence-corrected chi connectivity index (χ3v) is 2.89. The molecule has 0 rings (SSSR count). The van der Waals surface area contributed by atoms with Gasteiger partial charge in [-0.2, -0.15) is 0 Å². The van der Waals surface area contributed by atoms with Gasteiger partial charge in [0.15, 0.2) is 0 Å². The normalized spacial score (nSPS) is 11.6. The SMILES string of the molecule is CCCCOC(=O)CC(CC(=O)OC)C(=O)OCCCC. The molecule has 21 heavy (non-hydrogen) atoms. The first kappa shape index (κ1) is 19.4. The molecule has 6 heteroatoms. The molecular weight excluding hydrogens is 276 g/mol. The van der Waals surface area contributed by atoms with Crippen molar-refractivity contribution in [3.63, 3.8) is 0 Å². The molecule has 0 aliphatic heterocycles. The van der Waals surface area contributed by atoms with E-state index in [9.17, 15) is 14.4 Å². The first-order valence-corrected chi connectivity index (χ1v) is 7.44. The van der Waals surface area contributed by atoms with Gasteiger partial charge >= 0.3 is 17.9 Å². The molecule has 0 radical (unpaired) electrons. The molecule has 0 saturated carbocycles. The monoisotopic (exact) mass is 302 g/mol. The summed E-state index contributed by atoms with van der Waals surface area (Å²) in [7, 11) is 1.24. The Bertz CT molecular complexity index is 326. The van der Waals surface area contributed by atoms with Gasteiger partial charge in [-0.1, -0.05) is 26.7 Å². The van der Waals surface area contributed by atoms with Crippen LogP contribution in [0.15, 0.2) is 0 Å². The zero-order valence-electron chi connectivity index (χ0n) is 13.2. The second kappa shape index (κ2) is 12.2. The summed E-state index contributed by atoms with van der Waals surface area (Å²) in [6.45, 7) is 4.58. The minimum absolute atomic E-state index is 0.163. The zero-order chi connectivity index (χ0) is 16.1. The van der Waals surface area contributed by atoms with Crippen molar-refractivity contribution in [2.75, 3.05) is 20.3 Å². The summed E-state index contributed by atoms with van der Waals surface area (Å²) in [4.78, 5) is 34.9. The Balaban J connectivity index is 4.39. The van der Waals surface area contributed by atoms with Crippen molar-refractivity contribution in [1.29, 1.82) is 0 Å². The second-order valence-corrected chi connectivity index (χ2v) is 4.78. The van der Waals surface area contributed by atoms with E-state index in [2.05, 4.69) is 4.74 Å². The highest BCUT2D eigenvalue weighted by Gasteiger charge is 2.27. The molecule has 0 aromatic rings. The molecule has 6 nitrogen and oxygen atoms in total. The first-order valence-electron chi connectivity index (χ1n) is 7.44. The van der Waals surface area contributed by atoms with E-state index in [-0.39, 0.29) is 19.4 Å². The van der Waals surface area contributed by atoms with E-state index in [0.29, 0.717) is 6.61 Å². The smallest absolute Gasteiger partial charge is 0.310 e. The molecule has 0 bridgehead atoms. The van der Waals surface area contributed by atoms with Gasteiger partial charge in [-0.15, -0.1) is 0 Å². The van der Waals surface area contributed by atoms with Gasteiger partial charge in [-0.25, -0.2) is 0 Å². The van der Waals surface area contributed by atoms with Gasteiger partial charge in [-0.3, -0.25) is 14.4 Å². The number of carbonyl (C=O) groups is 3. The molecule has 0 spiro atoms. The molecule has 0 aromatic heterocycles. The van der Waals surface area contributed by atoms with E-state index in [1.165, 1.54) is 7.11 Å². The van der Waals surface area contributed by atoms with Crippen LogP contribution in [0.2, 0.25) is 0 Å². The van der Waals surface area contributed by atoms with Crippen LogP contribution >= 0.6 is 0 Å². The van der Waals surface area contributed by atoms with Gasteiger partial charge in [-0.05, 0) is 12.8 Å². The van der Waals surface area contributed by atoms with Gasteiger partial charge < -0.3 is 14.2 Å². The molecular formula is C15H26O6. The molecule has 0 heterocycles. The van der Waals surface area contributed by atoms with Gasteiger partial charge in [0.1, 0.15) is 0 Å². The maximum Gasteiger partial charge on any atom is 0.310 e. The Labute approximate surface area is 126 Å². The van der Waals surface area contributed by atoms with Crippen LogP contribution in [0.25, 0.3) is 0 Å². The minimum atomic E-state index is -0.844. The van der Waals surface area contributed by atoms with Crippen LogP contribution in [0.5, 0.6) is 0 Å². The fraction of sp³-hybridized carbons (Fsp3) is 0.800. The van der Waals surface area contributed by atoms with E-state index in [1.807, 2.05) is 13.8 Å². The van der Waals surface area contributed by atoms with Crippen molar-refractivity contribution in [2.24, 2.45) is 5.92 Å². The molecule has 1 unspecified atom stereocenters. The quantitative estimate of drug-likeness (QED) is 0.331. The van der Waals surface area contributed by atoms with E-state index < -0.39 is 23.8 Å². The highest BCUT2D eigenvalue weighted by Crippen LogP contribution is 2.14. The van der Waals surface area contributed by atoms with Crippen LogP contribution in [-0.4, -0.2) is 38.2 Å². The third-order valence-electron chi connectivity index (χ3n) is 2.89.